The maximum atomic E-state index is 13.2. The quantitative estimate of drug-likeness (QED) is 0.182. The molecule has 0 radical (unpaired) electrons. The predicted molar refractivity (Wildman–Crippen MR) is 148 cm³/mol. The summed E-state index contributed by atoms with van der Waals surface area (Å²) >= 11 is 11.8. The van der Waals surface area contributed by atoms with E-state index in [4.69, 9.17) is 32.7 Å². The summed E-state index contributed by atoms with van der Waals surface area (Å²) in [5.41, 5.74) is 4.51. The van der Waals surface area contributed by atoms with E-state index < -0.39 is 18.1 Å². The van der Waals surface area contributed by atoms with E-state index in [1.165, 1.54) is 0 Å². The molecule has 3 aromatic rings. The molecular formula is C29H30Cl2N2O4. The Labute approximate surface area is 227 Å². The van der Waals surface area contributed by atoms with Crippen LogP contribution in [0.25, 0.3) is 0 Å². The number of carbonyl (C=O) groups excluding carboxylic acids is 2. The molecule has 1 fully saturated rings. The van der Waals surface area contributed by atoms with Crippen LogP contribution in [0.1, 0.15) is 22.7 Å². The van der Waals surface area contributed by atoms with Gasteiger partial charge in [-0.3, -0.25) is 14.5 Å². The molecular weight excluding hydrogens is 511 g/mol. The fourth-order valence-electron chi connectivity index (χ4n) is 4.44. The van der Waals surface area contributed by atoms with Crippen molar-refractivity contribution in [1.29, 1.82) is 0 Å². The number of methoxy groups -OCH3 is 1. The van der Waals surface area contributed by atoms with Crippen LogP contribution in [0.2, 0.25) is 0 Å². The average Bonchev–Trinajstić information content (AvgIpc) is 2.91. The summed E-state index contributed by atoms with van der Waals surface area (Å²) in [6, 6.07) is 22.4. The molecule has 0 aliphatic carbocycles. The molecule has 1 amide bonds. The Hall–Kier alpha value is -3.22. The number of esters is 1. The third-order valence-electron chi connectivity index (χ3n) is 6.43. The first-order valence-electron chi connectivity index (χ1n) is 12.1. The number of rotatable bonds is 11. The van der Waals surface area contributed by atoms with Crippen LogP contribution in [-0.2, 0) is 20.7 Å². The highest BCUT2D eigenvalue weighted by Crippen LogP contribution is 2.41. The van der Waals surface area contributed by atoms with Gasteiger partial charge in [-0.2, -0.15) is 0 Å². The Morgan fingerprint density at radius 1 is 0.919 bits per heavy atom. The number of alkyl halides is 2. The predicted octanol–water partition coefficient (Wildman–Crippen LogP) is 5.53. The number of anilines is 2. The van der Waals surface area contributed by atoms with E-state index >= 15 is 0 Å². The number of benzene rings is 3. The van der Waals surface area contributed by atoms with Crippen LogP contribution < -0.4 is 14.5 Å². The van der Waals surface area contributed by atoms with Gasteiger partial charge in [0.05, 0.1) is 13.5 Å². The van der Waals surface area contributed by atoms with E-state index in [-0.39, 0.29) is 12.3 Å². The van der Waals surface area contributed by atoms with E-state index in [9.17, 15) is 9.59 Å². The first kappa shape index (κ1) is 26.8. The highest BCUT2D eigenvalue weighted by molar-refractivity contribution is 6.18. The number of hydrogen-bond donors (Lipinski definition) is 0. The van der Waals surface area contributed by atoms with Crippen molar-refractivity contribution in [3.05, 3.63) is 89.5 Å². The minimum absolute atomic E-state index is 0.0644. The molecule has 2 atom stereocenters. The van der Waals surface area contributed by atoms with Gasteiger partial charge in [0.15, 0.2) is 0 Å². The molecule has 0 spiro atoms. The number of β-lactam (4-membered cyclic amide) rings is 1. The Morgan fingerprint density at radius 2 is 1.54 bits per heavy atom. The molecule has 0 N–H and O–H groups in total. The lowest BCUT2D eigenvalue weighted by molar-refractivity contribution is -0.162. The Morgan fingerprint density at radius 3 is 2.11 bits per heavy atom. The zero-order valence-electron chi connectivity index (χ0n) is 20.9. The van der Waals surface area contributed by atoms with Gasteiger partial charge in [-0.1, -0.05) is 42.0 Å². The van der Waals surface area contributed by atoms with Crippen LogP contribution in [0.15, 0.2) is 72.8 Å². The monoisotopic (exact) mass is 540 g/mol. The second kappa shape index (κ2) is 12.3. The molecule has 194 valence electrons. The van der Waals surface area contributed by atoms with E-state index in [0.717, 1.165) is 28.1 Å². The normalized spacial score (nSPS) is 16.8. The number of ether oxygens (including phenoxy) is 2. The Kier molecular flexibility index (Phi) is 8.95. The lowest BCUT2D eigenvalue weighted by atomic mass is 9.89. The first-order chi connectivity index (χ1) is 17.9. The average molecular weight is 541 g/mol. The van der Waals surface area contributed by atoms with Crippen LogP contribution in [0.3, 0.4) is 0 Å². The van der Waals surface area contributed by atoms with Gasteiger partial charge in [0.2, 0.25) is 6.10 Å². The number of nitrogens with zero attached hydrogens (tertiary/aromatic N) is 2. The summed E-state index contributed by atoms with van der Waals surface area (Å²) in [5.74, 6) is 1.01. The minimum Gasteiger partial charge on any atom is -0.497 e. The molecule has 1 heterocycles. The van der Waals surface area contributed by atoms with Crippen LogP contribution >= 0.6 is 23.2 Å². The number of amides is 1. The maximum absolute atomic E-state index is 13.2. The lowest BCUT2D eigenvalue weighted by Crippen LogP contribution is -2.60. The van der Waals surface area contributed by atoms with E-state index in [0.29, 0.717) is 30.6 Å². The van der Waals surface area contributed by atoms with Crippen LogP contribution in [0.5, 0.6) is 5.75 Å². The molecule has 3 aromatic carbocycles. The van der Waals surface area contributed by atoms with Gasteiger partial charge in [-0.25, -0.2) is 0 Å². The number of aryl methyl sites for hydroxylation is 1. The second-order valence-corrected chi connectivity index (χ2v) is 9.64. The SMILES string of the molecule is COc1ccc(C2C(OC(=O)Cc3ccc(N(CCCl)CCCl)cc3)C(=O)N2c2ccc(C)cc2)cc1. The van der Waals surface area contributed by atoms with Gasteiger partial charge in [0.25, 0.3) is 5.91 Å². The summed E-state index contributed by atoms with van der Waals surface area (Å²) in [5, 5.41) is 0. The van der Waals surface area contributed by atoms with Crippen molar-refractivity contribution in [3.8, 4) is 5.75 Å². The van der Waals surface area contributed by atoms with Crippen molar-refractivity contribution in [1.82, 2.24) is 0 Å². The van der Waals surface area contributed by atoms with Crippen molar-refractivity contribution in [2.24, 2.45) is 0 Å². The zero-order valence-corrected chi connectivity index (χ0v) is 22.4. The molecule has 1 aliphatic rings. The summed E-state index contributed by atoms with van der Waals surface area (Å²) < 4.78 is 11.0. The second-order valence-electron chi connectivity index (χ2n) is 8.88. The van der Waals surface area contributed by atoms with Crippen molar-refractivity contribution < 1.29 is 19.1 Å². The molecule has 0 bridgehead atoms. The highest BCUT2D eigenvalue weighted by atomic mass is 35.5. The molecule has 2 unspecified atom stereocenters. The molecule has 4 rings (SSSR count). The third-order valence-corrected chi connectivity index (χ3v) is 6.77. The Balaban J connectivity index is 1.48. The van der Waals surface area contributed by atoms with Crippen molar-refractivity contribution in [2.75, 3.05) is 41.8 Å². The van der Waals surface area contributed by atoms with Crippen LogP contribution in [-0.4, -0.2) is 49.9 Å². The van der Waals surface area contributed by atoms with Gasteiger partial charge in [0.1, 0.15) is 11.8 Å². The van der Waals surface area contributed by atoms with Crippen LogP contribution in [0, 0.1) is 6.92 Å². The lowest BCUT2D eigenvalue weighted by Gasteiger charge is -2.46. The fourth-order valence-corrected chi connectivity index (χ4v) is 4.85. The number of hydrogen-bond acceptors (Lipinski definition) is 5. The highest BCUT2D eigenvalue weighted by Gasteiger charge is 2.51. The molecule has 8 heteroatoms. The standard InChI is InChI=1S/C29H30Cl2N2O4/c1-20-3-9-24(10-4-20)33-27(22-7-13-25(36-2)14-8-22)28(29(33)35)37-26(34)19-21-5-11-23(12-6-21)32(17-15-30)18-16-31/h3-14,27-28H,15-19H2,1-2H3. The molecule has 1 saturated heterocycles. The molecule has 6 nitrogen and oxygen atoms in total. The van der Waals surface area contributed by atoms with Crippen molar-refractivity contribution in [2.45, 2.75) is 25.5 Å². The number of halogens is 2. The van der Waals surface area contributed by atoms with E-state index in [2.05, 4.69) is 4.90 Å². The third kappa shape index (κ3) is 6.20. The summed E-state index contributed by atoms with van der Waals surface area (Å²) in [6.07, 6.45) is -0.834. The van der Waals surface area contributed by atoms with Crippen LogP contribution in [0.4, 0.5) is 11.4 Å². The molecule has 0 saturated carbocycles. The van der Waals surface area contributed by atoms with Gasteiger partial charge >= 0.3 is 5.97 Å². The summed E-state index contributed by atoms with van der Waals surface area (Å²) in [6.45, 7) is 3.36. The van der Waals surface area contributed by atoms with E-state index in [1.54, 1.807) is 12.0 Å². The molecule has 37 heavy (non-hydrogen) atoms. The Bertz CT molecular complexity index is 1190. The largest absolute Gasteiger partial charge is 0.497 e. The van der Waals surface area contributed by atoms with E-state index in [1.807, 2.05) is 79.7 Å². The zero-order chi connectivity index (χ0) is 26.4. The molecule has 1 aliphatic heterocycles. The topological polar surface area (TPSA) is 59.1 Å². The summed E-state index contributed by atoms with van der Waals surface area (Å²) in [4.78, 5) is 29.8. The van der Waals surface area contributed by atoms with Crippen molar-refractivity contribution in [3.63, 3.8) is 0 Å². The van der Waals surface area contributed by atoms with Gasteiger partial charge < -0.3 is 14.4 Å². The van der Waals surface area contributed by atoms with Gasteiger partial charge in [-0.05, 0) is 54.4 Å². The van der Waals surface area contributed by atoms with Gasteiger partial charge in [0, 0.05) is 36.2 Å². The fraction of sp³-hybridized carbons (Fsp3) is 0.310. The van der Waals surface area contributed by atoms with Crippen molar-refractivity contribution >= 4 is 46.5 Å². The minimum atomic E-state index is -0.899. The maximum Gasteiger partial charge on any atom is 0.311 e. The molecule has 0 aromatic heterocycles. The first-order valence-corrected chi connectivity index (χ1v) is 13.2. The summed E-state index contributed by atoms with van der Waals surface area (Å²) in [7, 11) is 1.60. The van der Waals surface area contributed by atoms with Gasteiger partial charge in [-0.15, -0.1) is 23.2 Å². The number of carbonyl (C=O) groups is 2. The smallest absolute Gasteiger partial charge is 0.311 e.